The summed E-state index contributed by atoms with van der Waals surface area (Å²) < 4.78 is 32.0. The van der Waals surface area contributed by atoms with Gasteiger partial charge in [0.1, 0.15) is 17.1 Å². The van der Waals surface area contributed by atoms with E-state index in [4.69, 9.17) is 0 Å². The van der Waals surface area contributed by atoms with E-state index in [1.165, 1.54) is 10.8 Å². The molecule has 2 N–H and O–H groups in total. The van der Waals surface area contributed by atoms with Crippen molar-refractivity contribution in [1.29, 1.82) is 0 Å². The molecule has 1 saturated heterocycles. The van der Waals surface area contributed by atoms with E-state index in [1.54, 1.807) is 4.90 Å². The van der Waals surface area contributed by atoms with E-state index in [9.17, 15) is 19.1 Å². The molecular weight excluding hydrogens is 380 g/mol. The molecule has 0 spiro atoms. The van der Waals surface area contributed by atoms with Crippen molar-refractivity contribution in [3.05, 3.63) is 39.7 Å². The molecule has 1 aromatic heterocycles. The van der Waals surface area contributed by atoms with Gasteiger partial charge < -0.3 is 19.9 Å². The van der Waals surface area contributed by atoms with Crippen LogP contribution in [0.25, 0.3) is 10.9 Å². The summed E-state index contributed by atoms with van der Waals surface area (Å²) in [5, 5.41) is 12.5. The summed E-state index contributed by atoms with van der Waals surface area (Å²) in [6.45, 7) is 4.88. The second kappa shape index (κ2) is 7.74. The van der Waals surface area contributed by atoms with Crippen molar-refractivity contribution in [1.82, 2.24) is 9.88 Å². The smallest absolute Gasteiger partial charge is 0.341 e. The molecule has 156 valence electrons. The summed E-state index contributed by atoms with van der Waals surface area (Å²) >= 11 is 0. The van der Waals surface area contributed by atoms with Gasteiger partial charge in [-0.1, -0.05) is 6.92 Å². The van der Waals surface area contributed by atoms with Gasteiger partial charge in [-0.3, -0.25) is 4.79 Å². The van der Waals surface area contributed by atoms with Crippen LogP contribution in [0.15, 0.2) is 17.1 Å². The fourth-order valence-electron chi connectivity index (χ4n) is 4.20. The maximum atomic E-state index is 15.6. The van der Waals surface area contributed by atoms with Gasteiger partial charge in [0, 0.05) is 25.3 Å². The largest absolute Gasteiger partial charge is 0.477 e. The molecule has 0 amide bonds. The Balaban J connectivity index is 1.77. The molecule has 1 atom stereocenters. The second-order valence-corrected chi connectivity index (χ2v) is 8.04. The van der Waals surface area contributed by atoms with E-state index < -0.39 is 28.6 Å². The number of hydrogen-bond acceptors (Lipinski definition) is 4. The third-order valence-corrected chi connectivity index (χ3v) is 5.82. The number of nitrogens with zero attached hydrogens (tertiary/aromatic N) is 2. The highest BCUT2D eigenvalue weighted by Gasteiger charge is 2.32. The van der Waals surface area contributed by atoms with Gasteiger partial charge in [-0.2, -0.15) is 0 Å². The number of pyridine rings is 1. The van der Waals surface area contributed by atoms with Crippen LogP contribution in [0, 0.1) is 17.6 Å². The number of rotatable bonds is 7. The number of benzene rings is 1. The monoisotopic (exact) mass is 405 g/mol. The van der Waals surface area contributed by atoms with Crippen LogP contribution >= 0.6 is 0 Å². The lowest BCUT2D eigenvalue weighted by molar-refractivity contribution is 0.0695. The van der Waals surface area contributed by atoms with Crippen molar-refractivity contribution in [3.63, 3.8) is 0 Å². The SMILES string of the molecule is CCCNCC1CCN(c2c(F)cc3c(=O)c(C(=O)O)cn(C4CC4)c3c2F)C1. The van der Waals surface area contributed by atoms with Gasteiger partial charge in [0.05, 0.1) is 10.9 Å². The van der Waals surface area contributed by atoms with Crippen molar-refractivity contribution in [2.75, 3.05) is 31.1 Å². The molecule has 4 rings (SSSR count). The maximum Gasteiger partial charge on any atom is 0.341 e. The predicted molar refractivity (Wildman–Crippen MR) is 107 cm³/mol. The Kier molecular flexibility index (Phi) is 5.29. The molecule has 1 aromatic carbocycles. The first-order valence-electron chi connectivity index (χ1n) is 10.2. The fourth-order valence-corrected chi connectivity index (χ4v) is 4.20. The molecule has 6 nitrogen and oxygen atoms in total. The molecular formula is C21H25F2N3O3. The van der Waals surface area contributed by atoms with Gasteiger partial charge >= 0.3 is 5.97 Å². The standard InChI is InChI=1S/C21H25F2N3O3/c1-2-6-24-9-12-5-7-25(10-12)19-16(22)8-14-18(17(19)23)26(13-3-4-13)11-15(20(14)27)21(28)29/h8,11-13,24H,2-7,9-10H2,1H3,(H,28,29). The van der Waals surface area contributed by atoms with Gasteiger partial charge in [0.25, 0.3) is 0 Å². The lowest BCUT2D eigenvalue weighted by Crippen LogP contribution is -2.28. The quantitative estimate of drug-likeness (QED) is 0.693. The van der Waals surface area contributed by atoms with E-state index in [-0.39, 0.29) is 22.6 Å². The van der Waals surface area contributed by atoms with Crippen molar-refractivity contribution < 1.29 is 18.7 Å². The van der Waals surface area contributed by atoms with E-state index in [0.29, 0.717) is 19.0 Å². The lowest BCUT2D eigenvalue weighted by Gasteiger charge is -2.22. The van der Waals surface area contributed by atoms with E-state index in [1.807, 2.05) is 0 Å². The lowest BCUT2D eigenvalue weighted by atomic mass is 10.1. The normalized spacial score (nSPS) is 19.3. The number of aromatic carboxylic acids is 1. The van der Waals surface area contributed by atoms with Crippen LogP contribution in [-0.4, -0.2) is 41.8 Å². The Morgan fingerprint density at radius 3 is 2.72 bits per heavy atom. The minimum absolute atomic E-state index is 0.00598. The summed E-state index contributed by atoms with van der Waals surface area (Å²) in [6, 6.07) is 0.943. The molecule has 29 heavy (non-hydrogen) atoms. The average Bonchev–Trinajstić information content (AvgIpc) is 3.42. The molecule has 0 radical (unpaired) electrons. The topological polar surface area (TPSA) is 74.6 Å². The number of nitrogens with one attached hydrogen (secondary N) is 1. The third-order valence-electron chi connectivity index (χ3n) is 5.82. The Labute approximate surface area is 167 Å². The summed E-state index contributed by atoms with van der Waals surface area (Å²) in [4.78, 5) is 25.7. The molecule has 2 aliphatic rings. The first-order valence-corrected chi connectivity index (χ1v) is 10.2. The van der Waals surface area contributed by atoms with Gasteiger partial charge in [-0.15, -0.1) is 0 Å². The molecule has 0 bridgehead atoms. The van der Waals surface area contributed by atoms with Crippen LogP contribution in [0.5, 0.6) is 0 Å². The minimum atomic E-state index is -1.39. The number of carboxylic acid groups (broad SMARTS) is 1. The molecule has 2 aromatic rings. The molecule has 2 fully saturated rings. The summed E-state index contributed by atoms with van der Waals surface area (Å²) in [5.74, 6) is -2.68. The zero-order valence-electron chi connectivity index (χ0n) is 16.4. The van der Waals surface area contributed by atoms with Crippen LogP contribution < -0.4 is 15.6 Å². The average molecular weight is 405 g/mol. The first kappa shape index (κ1) is 19.8. The number of carbonyl (C=O) groups is 1. The number of carboxylic acids is 1. The minimum Gasteiger partial charge on any atom is -0.477 e. The van der Waals surface area contributed by atoms with Crippen LogP contribution in [0.4, 0.5) is 14.5 Å². The van der Waals surface area contributed by atoms with Crippen LogP contribution in [0.3, 0.4) is 0 Å². The molecule has 1 aliphatic carbocycles. The summed E-state index contributed by atoms with van der Waals surface area (Å²) in [7, 11) is 0. The predicted octanol–water partition coefficient (Wildman–Crippen LogP) is 3.14. The number of hydrogen-bond donors (Lipinski definition) is 2. The van der Waals surface area contributed by atoms with Crippen LogP contribution in [0.1, 0.15) is 49.0 Å². The molecule has 1 aliphatic heterocycles. The van der Waals surface area contributed by atoms with Gasteiger partial charge in [0.2, 0.25) is 5.43 Å². The van der Waals surface area contributed by atoms with Crippen molar-refractivity contribution >= 4 is 22.6 Å². The highest BCUT2D eigenvalue weighted by atomic mass is 19.1. The van der Waals surface area contributed by atoms with E-state index in [2.05, 4.69) is 12.2 Å². The van der Waals surface area contributed by atoms with Gasteiger partial charge in [0.15, 0.2) is 5.82 Å². The molecule has 2 heterocycles. The van der Waals surface area contributed by atoms with Gasteiger partial charge in [-0.05, 0) is 50.8 Å². The highest BCUT2D eigenvalue weighted by Crippen LogP contribution is 2.40. The highest BCUT2D eigenvalue weighted by molar-refractivity contribution is 5.94. The Bertz CT molecular complexity index is 1020. The Morgan fingerprint density at radius 2 is 2.07 bits per heavy atom. The Hall–Kier alpha value is -2.48. The first-order chi connectivity index (χ1) is 13.9. The zero-order valence-corrected chi connectivity index (χ0v) is 16.4. The van der Waals surface area contributed by atoms with Crippen molar-refractivity contribution in [2.45, 2.75) is 38.6 Å². The fraction of sp³-hybridized carbons (Fsp3) is 0.524. The van der Waals surface area contributed by atoms with Gasteiger partial charge in [-0.25, -0.2) is 13.6 Å². The van der Waals surface area contributed by atoms with Crippen molar-refractivity contribution in [2.24, 2.45) is 5.92 Å². The second-order valence-electron chi connectivity index (χ2n) is 8.04. The number of halogens is 2. The van der Waals surface area contributed by atoms with E-state index >= 15 is 4.39 Å². The maximum absolute atomic E-state index is 15.6. The number of anilines is 1. The van der Waals surface area contributed by atoms with Crippen LogP contribution in [0.2, 0.25) is 0 Å². The number of aromatic nitrogens is 1. The van der Waals surface area contributed by atoms with Crippen molar-refractivity contribution in [3.8, 4) is 0 Å². The molecule has 1 saturated carbocycles. The zero-order chi connectivity index (χ0) is 20.7. The number of fused-ring (bicyclic) bond motifs is 1. The summed E-state index contributed by atoms with van der Waals surface area (Å²) in [6.07, 6.45) is 4.62. The Morgan fingerprint density at radius 1 is 1.31 bits per heavy atom. The van der Waals surface area contributed by atoms with E-state index in [0.717, 1.165) is 44.8 Å². The molecule has 8 heteroatoms. The summed E-state index contributed by atoms with van der Waals surface area (Å²) in [5.41, 5.74) is -1.42. The molecule has 1 unspecified atom stereocenters. The van der Waals surface area contributed by atoms with Crippen LogP contribution in [-0.2, 0) is 0 Å². The third kappa shape index (κ3) is 3.61.